The van der Waals surface area contributed by atoms with Crippen LogP contribution in [0.5, 0.6) is 5.75 Å². The number of aromatic hydroxyl groups is 1. The predicted molar refractivity (Wildman–Crippen MR) is 96.4 cm³/mol. The molecule has 0 saturated heterocycles. The predicted octanol–water partition coefficient (Wildman–Crippen LogP) is 0.615. The van der Waals surface area contributed by atoms with E-state index in [0.29, 0.717) is 24.5 Å². The van der Waals surface area contributed by atoms with Crippen molar-refractivity contribution in [1.82, 2.24) is 4.98 Å². The topological polar surface area (TPSA) is 76.4 Å². The SMILES string of the molecule is CCOC(=O)CCCCC[n+]1ccc(-c2nc3ccc(O)cc3o2)cc1.[Br-]. The summed E-state index contributed by atoms with van der Waals surface area (Å²) in [6.45, 7) is 3.16. The first kappa shape index (κ1) is 20.9. The number of ether oxygens (including phenoxy) is 1. The van der Waals surface area contributed by atoms with Crippen molar-refractivity contribution in [3.05, 3.63) is 42.7 Å². The number of oxazole rings is 1. The van der Waals surface area contributed by atoms with E-state index in [-0.39, 0.29) is 28.7 Å². The summed E-state index contributed by atoms with van der Waals surface area (Å²) in [5, 5.41) is 9.51. The Bertz CT molecular complexity index is 877. The smallest absolute Gasteiger partial charge is 0.305 e. The van der Waals surface area contributed by atoms with E-state index in [1.165, 1.54) is 0 Å². The van der Waals surface area contributed by atoms with E-state index in [2.05, 4.69) is 9.55 Å². The molecule has 0 atom stereocenters. The number of esters is 1. The van der Waals surface area contributed by atoms with Gasteiger partial charge in [-0.3, -0.25) is 4.79 Å². The van der Waals surface area contributed by atoms with Gasteiger partial charge < -0.3 is 31.2 Å². The summed E-state index contributed by atoms with van der Waals surface area (Å²) in [7, 11) is 0. The molecule has 1 N–H and O–H groups in total. The van der Waals surface area contributed by atoms with Crippen molar-refractivity contribution in [2.45, 2.75) is 39.2 Å². The number of pyridine rings is 1. The van der Waals surface area contributed by atoms with Crippen molar-refractivity contribution < 1.29 is 40.6 Å². The summed E-state index contributed by atoms with van der Waals surface area (Å²) in [4.78, 5) is 15.7. The second kappa shape index (κ2) is 10.1. The van der Waals surface area contributed by atoms with Gasteiger partial charge in [0.1, 0.15) is 17.8 Å². The van der Waals surface area contributed by atoms with Gasteiger partial charge in [0, 0.05) is 36.6 Å². The highest BCUT2D eigenvalue weighted by molar-refractivity contribution is 5.77. The third-order valence-corrected chi connectivity index (χ3v) is 4.11. The molecule has 0 fully saturated rings. The van der Waals surface area contributed by atoms with Gasteiger partial charge in [-0.25, -0.2) is 9.55 Å². The molecule has 0 unspecified atom stereocenters. The number of carbonyl (C=O) groups excluding carboxylic acids is 1. The summed E-state index contributed by atoms with van der Waals surface area (Å²) < 4.78 is 12.7. The average Bonchev–Trinajstić information content (AvgIpc) is 3.05. The van der Waals surface area contributed by atoms with Crippen molar-refractivity contribution in [3.63, 3.8) is 0 Å². The van der Waals surface area contributed by atoms with Crippen LogP contribution in [0.2, 0.25) is 0 Å². The number of phenolic OH excluding ortho intramolecular Hbond substituents is 1. The fraction of sp³-hybridized carbons (Fsp3) is 0.350. The minimum Gasteiger partial charge on any atom is -1.00 e. The standard InChI is InChI=1S/C20H22N2O4.BrH/c1-2-25-19(24)6-4-3-5-11-22-12-9-15(10-13-22)20-21-17-8-7-16(23)14-18(17)26-20;/h7-10,12-14H,2-6,11H2,1H3;1H. The van der Waals surface area contributed by atoms with Gasteiger partial charge >= 0.3 is 5.97 Å². The highest BCUT2D eigenvalue weighted by Crippen LogP contribution is 2.25. The fourth-order valence-corrected chi connectivity index (χ4v) is 2.76. The molecule has 6 nitrogen and oxygen atoms in total. The minimum atomic E-state index is -0.115. The zero-order valence-electron chi connectivity index (χ0n) is 15.2. The highest BCUT2D eigenvalue weighted by atomic mass is 79.9. The summed E-state index contributed by atoms with van der Waals surface area (Å²) in [6.07, 6.45) is 7.33. The molecule has 0 saturated carbocycles. The van der Waals surface area contributed by atoms with Crippen molar-refractivity contribution in [2.75, 3.05) is 6.61 Å². The molecule has 0 radical (unpaired) electrons. The van der Waals surface area contributed by atoms with Crippen molar-refractivity contribution in [3.8, 4) is 17.2 Å². The number of aromatic nitrogens is 2. The van der Waals surface area contributed by atoms with Crippen LogP contribution < -0.4 is 21.5 Å². The lowest BCUT2D eigenvalue weighted by Crippen LogP contribution is -3.00. The number of hydrogen-bond donors (Lipinski definition) is 1. The lowest BCUT2D eigenvalue weighted by atomic mass is 10.2. The molecule has 3 rings (SSSR count). The number of phenols is 1. The summed E-state index contributed by atoms with van der Waals surface area (Å²) in [5.41, 5.74) is 2.17. The van der Waals surface area contributed by atoms with Gasteiger partial charge in [0.05, 0.1) is 6.61 Å². The average molecular weight is 435 g/mol. The molecule has 3 aromatic rings. The summed E-state index contributed by atoms with van der Waals surface area (Å²) >= 11 is 0. The Kier molecular flexibility index (Phi) is 7.79. The molecule has 0 aliphatic carbocycles. The second-order valence-corrected chi connectivity index (χ2v) is 6.11. The van der Waals surface area contributed by atoms with Gasteiger partial charge in [-0.1, -0.05) is 0 Å². The molecule has 144 valence electrons. The van der Waals surface area contributed by atoms with Gasteiger partial charge in [0.2, 0.25) is 5.89 Å². The van der Waals surface area contributed by atoms with Gasteiger partial charge in [0.25, 0.3) is 0 Å². The number of hydrogen-bond acceptors (Lipinski definition) is 5. The van der Waals surface area contributed by atoms with Crippen LogP contribution in [0.4, 0.5) is 0 Å². The minimum absolute atomic E-state index is 0. The van der Waals surface area contributed by atoms with E-state index < -0.39 is 0 Å². The van der Waals surface area contributed by atoms with E-state index in [4.69, 9.17) is 9.15 Å². The van der Waals surface area contributed by atoms with E-state index in [1.807, 2.05) is 31.5 Å². The zero-order valence-corrected chi connectivity index (χ0v) is 16.8. The number of aryl methyl sites for hydroxylation is 1. The number of nitrogens with zero attached hydrogens (tertiary/aromatic N) is 2. The Morgan fingerprint density at radius 3 is 2.70 bits per heavy atom. The number of rotatable bonds is 8. The van der Waals surface area contributed by atoms with Crippen LogP contribution in [0.3, 0.4) is 0 Å². The lowest BCUT2D eigenvalue weighted by molar-refractivity contribution is -0.697. The van der Waals surface area contributed by atoms with E-state index >= 15 is 0 Å². The van der Waals surface area contributed by atoms with Crippen LogP contribution in [0.1, 0.15) is 32.6 Å². The Hall–Kier alpha value is -2.41. The molecule has 27 heavy (non-hydrogen) atoms. The van der Waals surface area contributed by atoms with E-state index in [1.54, 1.807) is 18.2 Å². The molecular weight excluding hydrogens is 412 g/mol. The molecule has 2 aromatic heterocycles. The number of carbonyl (C=O) groups is 1. The molecule has 0 aliphatic rings. The number of benzene rings is 1. The number of fused-ring (bicyclic) bond motifs is 1. The molecule has 1 aromatic carbocycles. The third-order valence-electron chi connectivity index (χ3n) is 4.11. The van der Waals surface area contributed by atoms with Gasteiger partial charge in [-0.2, -0.15) is 0 Å². The second-order valence-electron chi connectivity index (χ2n) is 6.11. The summed E-state index contributed by atoms with van der Waals surface area (Å²) in [5.74, 6) is 0.581. The number of unbranched alkanes of at least 4 members (excludes halogenated alkanes) is 2. The van der Waals surface area contributed by atoms with Crippen LogP contribution in [0, 0.1) is 0 Å². The van der Waals surface area contributed by atoms with Crippen LogP contribution in [0.15, 0.2) is 47.1 Å². The largest absolute Gasteiger partial charge is 1.00 e. The molecule has 0 aliphatic heterocycles. The van der Waals surface area contributed by atoms with Crippen molar-refractivity contribution >= 4 is 17.1 Å². The highest BCUT2D eigenvalue weighted by Gasteiger charge is 2.10. The fourth-order valence-electron chi connectivity index (χ4n) is 2.76. The van der Waals surface area contributed by atoms with Crippen LogP contribution in [-0.4, -0.2) is 22.7 Å². The van der Waals surface area contributed by atoms with Crippen molar-refractivity contribution in [2.24, 2.45) is 0 Å². The monoisotopic (exact) mass is 434 g/mol. The molecule has 0 amide bonds. The van der Waals surface area contributed by atoms with Crippen molar-refractivity contribution in [1.29, 1.82) is 0 Å². The maximum Gasteiger partial charge on any atom is 0.305 e. The molecule has 0 bridgehead atoms. The normalized spacial score (nSPS) is 10.6. The maximum atomic E-state index is 11.3. The van der Waals surface area contributed by atoms with E-state index in [0.717, 1.165) is 36.9 Å². The number of halogens is 1. The Balaban J connectivity index is 0.00000261. The first-order valence-corrected chi connectivity index (χ1v) is 8.90. The molecule has 0 spiro atoms. The molecule has 2 heterocycles. The third kappa shape index (κ3) is 5.79. The maximum absolute atomic E-state index is 11.3. The Labute approximate surface area is 168 Å². The van der Waals surface area contributed by atoms with Crippen LogP contribution in [0.25, 0.3) is 22.6 Å². The van der Waals surface area contributed by atoms with Crippen LogP contribution in [-0.2, 0) is 16.1 Å². The van der Waals surface area contributed by atoms with Gasteiger partial charge in [-0.15, -0.1) is 0 Å². The Morgan fingerprint density at radius 2 is 1.96 bits per heavy atom. The van der Waals surface area contributed by atoms with Gasteiger partial charge in [-0.05, 0) is 31.9 Å². The van der Waals surface area contributed by atoms with E-state index in [9.17, 15) is 9.90 Å². The zero-order chi connectivity index (χ0) is 18.4. The molecular formula is C20H23BrN2O4. The lowest BCUT2D eigenvalue weighted by Gasteiger charge is -2.01. The summed E-state index contributed by atoms with van der Waals surface area (Å²) in [6, 6.07) is 8.81. The van der Waals surface area contributed by atoms with Gasteiger partial charge in [0.15, 0.2) is 18.0 Å². The first-order valence-electron chi connectivity index (χ1n) is 8.90. The van der Waals surface area contributed by atoms with Crippen LogP contribution >= 0.6 is 0 Å². The Morgan fingerprint density at radius 1 is 1.19 bits per heavy atom. The molecule has 7 heteroatoms. The quantitative estimate of drug-likeness (QED) is 0.319. The first-order chi connectivity index (χ1) is 12.7.